The van der Waals surface area contributed by atoms with Gasteiger partial charge in [-0.15, -0.1) is 35.3 Å². The highest BCUT2D eigenvalue weighted by Crippen LogP contribution is 2.22. The van der Waals surface area contributed by atoms with Gasteiger partial charge < -0.3 is 20.0 Å². The number of hydrogen-bond acceptors (Lipinski definition) is 4. The highest BCUT2D eigenvalue weighted by molar-refractivity contribution is 14.0. The van der Waals surface area contributed by atoms with Crippen molar-refractivity contribution in [3.63, 3.8) is 0 Å². The minimum Gasteiger partial charge on any atom is -0.364 e. The van der Waals surface area contributed by atoms with Crippen molar-refractivity contribution >= 4 is 52.0 Å². The maximum atomic E-state index is 4.51. The second-order valence-corrected chi connectivity index (χ2v) is 7.80. The van der Waals surface area contributed by atoms with Crippen LogP contribution in [-0.4, -0.2) is 57.2 Å². The molecule has 1 aromatic carbocycles. The van der Waals surface area contributed by atoms with Crippen molar-refractivity contribution in [3.8, 4) is 0 Å². The summed E-state index contributed by atoms with van der Waals surface area (Å²) in [5.74, 6) is 0.995. The van der Waals surface area contributed by atoms with Gasteiger partial charge in [-0.1, -0.05) is 24.3 Å². The lowest BCUT2D eigenvalue weighted by Crippen LogP contribution is -2.52. The minimum atomic E-state index is 0. The molecular formula is C21H28IN5S. The van der Waals surface area contributed by atoms with E-state index in [2.05, 4.69) is 78.9 Å². The number of piperazine rings is 1. The molecule has 2 aliphatic heterocycles. The molecule has 1 aromatic heterocycles. The van der Waals surface area contributed by atoms with E-state index in [1.165, 1.54) is 16.3 Å². The fourth-order valence-electron chi connectivity index (χ4n) is 3.65. The van der Waals surface area contributed by atoms with Gasteiger partial charge in [0.1, 0.15) is 0 Å². The zero-order valence-corrected chi connectivity index (χ0v) is 19.4. The smallest absolute Gasteiger partial charge is 0.194 e. The summed E-state index contributed by atoms with van der Waals surface area (Å²) in [7, 11) is 1.88. The fourth-order valence-corrected chi connectivity index (χ4v) is 4.44. The molecule has 1 fully saturated rings. The van der Waals surface area contributed by atoms with Gasteiger partial charge >= 0.3 is 0 Å². The van der Waals surface area contributed by atoms with Gasteiger partial charge in [0, 0.05) is 58.5 Å². The largest absolute Gasteiger partial charge is 0.364 e. The number of rotatable bonds is 4. The molecule has 5 nitrogen and oxygen atoms in total. The van der Waals surface area contributed by atoms with E-state index in [0.717, 1.165) is 51.8 Å². The molecule has 150 valence electrons. The first-order valence-electron chi connectivity index (χ1n) is 9.56. The van der Waals surface area contributed by atoms with E-state index in [1.807, 2.05) is 18.4 Å². The maximum Gasteiger partial charge on any atom is 0.194 e. The molecule has 1 N–H and O–H groups in total. The molecule has 2 aromatic rings. The molecule has 28 heavy (non-hydrogen) atoms. The van der Waals surface area contributed by atoms with Crippen molar-refractivity contribution in [1.82, 2.24) is 10.2 Å². The lowest BCUT2D eigenvalue weighted by Gasteiger charge is -2.37. The SMILES string of the molecule is CN=C(NCc1cccc(N2CC=CC2)c1)N1CCN(c2cccs2)CC1.I. The van der Waals surface area contributed by atoms with Crippen LogP contribution in [0.3, 0.4) is 0 Å². The average Bonchev–Trinajstić information content (AvgIpc) is 3.43. The Morgan fingerprint density at radius 2 is 1.82 bits per heavy atom. The second-order valence-electron chi connectivity index (χ2n) is 6.87. The first-order chi connectivity index (χ1) is 13.3. The second kappa shape index (κ2) is 10.2. The zero-order chi connectivity index (χ0) is 18.5. The number of thiophene rings is 1. The normalized spacial score (nSPS) is 17.0. The van der Waals surface area contributed by atoms with Gasteiger partial charge in [-0.2, -0.15) is 0 Å². The predicted octanol–water partition coefficient (Wildman–Crippen LogP) is 3.64. The molecule has 0 bridgehead atoms. The summed E-state index contributed by atoms with van der Waals surface area (Å²) in [6.07, 6.45) is 4.45. The Kier molecular flexibility index (Phi) is 7.61. The van der Waals surface area contributed by atoms with Gasteiger partial charge in [0.15, 0.2) is 5.96 Å². The van der Waals surface area contributed by atoms with E-state index in [-0.39, 0.29) is 24.0 Å². The molecule has 0 radical (unpaired) electrons. The van der Waals surface area contributed by atoms with E-state index in [9.17, 15) is 0 Å². The van der Waals surface area contributed by atoms with Crippen molar-refractivity contribution in [2.75, 3.05) is 56.1 Å². The number of hydrogen-bond donors (Lipinski definition) is 1. The third-order valence-corrected chi connectivity index (χ3v) is 6.08. The molecule has 2 aliphatic rings. The number of guanidine groups is 1. The van der Waals surface area contributed by atoms with E-state index >= 15 is 0 Å². The van der Waals surface area contributed by atoms with Crippen molar-refractivity contribution < 1.29 is 0 Å². The van der Waals surface area contributed by atoms with E-state index in [1.54, 1.807) is 0 Å². The molecule has 0 unspecified atom stereocenters. The average molecular weight is 509 g/mol. The summed E-state index contributed by atoms with van der Waals surface area (Å²) >= 11 is 1.82. The monoisotopic (exact) mass is 509 g/mol. The summed E-state index contributed by atoms with van der Waals surface area (Å²) in [6, 6.07) is 13.1. The predicted molar refractivity (Wildman–Crippen MR) is 132 cm³/mol. The molecule has 0 spiro atoms. The quantitative estimate of drug-likeness (QED) is 0.296. The molecule has 3 heterocycles. The molecule has 0 amide bonds. The fraction of sp³-hybridized carbons (Fsp3) is 0.381. The first-order valence-corrected chi connectivity index (χ1v) is 10.4. The standard InChI is InChI=1S/C21H27N5S.HI/c1-22-21(26-13-11-25(12-14-26)20-8-5-15-27-20)23-17-18-6-4-7-19(16-18)24-9-2-3-10-24;/h2-8,15-16H,9-14,17H2,1H3,(H,22,23);1H. The third-order valence-electron chi connectivity index (χ3n) is 5.15. The summed E-state index contributed by atoms with van der Waals surface area (Å²) in [6.45, 7) is 6.89. The highest BCUT2D eigenvalue weighted by Gasteiger charge is 2.20. The molecule has 0 aliphatic carbocycles. The number of benzene rings is 1. The van der Waals surface area contributed by atoms with Crippen LogP contribution < -0.4 is 15.1 Å². The van der Waals surface area contributed by atoms with Crippen LogP contribution in [0, 0.1) is 0 Å². The van der Waals surface area contributed by atoms with Crippen molar-refractivity contribution in [2.45, 2.75) is 6.54 Å². The van der Waals surface area contributed by atoms with Crippen LogP contribution in [-0.2, 0) is 6.54 Å². The Labute approximate surface area is 188 Å². The van der Waals surface area contributed by atoms with Crippen LogP contribution in [0.25, 0.3) is 0 Å². The van der Waals surface area contributed by atoms with Gasteiger partial charge in [0.25, 0.3) is 0 Å². The summed E-state index contributed by atoms with van der Waals surface area (Å²) < 4.78 is 0. The molecule has 7 heteroatoms. The van der Waals surface area contributed by atoms with Crippen molar-refractivity contribution in [3.05, 3.63) is 59.5 Å². The van der Waals surface area contributed by atoms with E-state index in [0.29, 0.717) is 0 Å². The summed E-state index contributed by atoms with van der Waals surface area (Å²) in [4.78, 5) is 11.7. The van der Waals surface area contributed by atoms with Crippen LogP contribution in [0.1, 0.15) is 5.56 Å². The Morgan fingerprint density at radius 3 is 2.50 bits per heavy atom. The van der Waals surface area contributed by atoms with Gasteiger partial charge in [-0.25, -0.2) is 0 Å². The van der Waals surface area contributed by atoms with Crippen LogP contribution in [0.2, 0.25) is 0 Å². The molecule has 4 rings (SSSR count). The van der Waals surface area contributed by atoms with E-state index < -0.39 is 0 Å². The van der Waals surface area contributed by atoms with E-state index in [4.69, 9.17) is 0 Å². The molecule has 1 saturated heterocycles. The summed E-state index contributed by atoms with van der Waals surface area (Å²) in [5, 5.41) is 7.06. The number of halogens is 1. The van der Waals surface area contributed by atoms with Crippen molar-refractivity contribution in [1.29, 1.82) is 0 Å². The van der Waals surface area contributed by atoms with Gasteiger partial charge in [-0.05, 0) is 35.2 Å². The van der Waals surface area contributed by atoms with Crippen LogP contribution >= 0.6 is 35.3 Å². The van der Waals surface area contributed by atoms with Gasteiger partial charge in [0.05, 0.1) is 5.00 Å². The Balaban J connectivity index is 0.00000225. The van der Waals surface area contributed by atoms with Crippen molar-refractivity contribution in [2.24, 2.45) is 4.99 Å². The number of aliphatic imine (C=N–C) groups is 1. The number of nitrogens with one attached hydrogen (secondary N) is 1. The molecule has 0 saturated carbocycles. The number of nitrogens with zero attached hydrogens (tertiary/aromatic N) is 4. The van der Waals surface area contributed by atoms with Gasteiger partial charge in [-0.3, -0.25) is 4.99 Å². The molecular weight excluding hydrogens is 481 g/mol. The zero-order valence-electron chi connectivity index (χ0n) is 16.3. The maximum absolute atomic E-state index is 4.51. The Hall–Kier alpha value is -1.74. The molecule has 0 atom stereocenters. The van der Waals surface area contributed by atoms with Crippen LogP contribution in [0.4, 0.5) is 10.7 Å². The summed E-state index contributed by atoms with van der Waals surface area (Å²) in [5.41, 5.74) is 2.58. The highest BCUT2D eigenvalue weighted by atomic mass is 127. The minimum absolute atomic E-state index is 0. The Bertz CT molecular complexity index is 789. The lowest BCUT2D eigenvalue weighted by atomic mass is 10.2. The lowest BCUT2D eigenvalue weighted by molar-refractivity contribution is 0.373. The first kappa shape index (κ1) is 21.0. The topological polar surface area (TPSA) is 34.1 Å². The van der Waals surface area contributed by atoms with Crippen LogP contribution in [0.15, 0.2) is 58.9 Å². The third kappa shape index (κ3) is 5.00. The Morgan fingerprint density at radius 1 is 1.04 bits per heavy atom. The van der Waals surface area contributed by atoms with Crippen LogP contribution in [0.5, 0.6) is 0 Å². The number of anilines is 2. The van der Waals surface area contributed by atoms with Gasteiger partial charge in [0.2, 0.25) is 0 Å².